The van der Waals surface area contributed by atoms with E-state index in [2.05, 4.69) is 9.97 Å². The smallest absolute Gasteiger partial charge is 0.141 e. The summed E-state index contributed by atoms with van der Waals surface area (Å²) >= 11 is 0. The second-order valence-electron chi connectivity index (χ2n) is 6.71. The molecule has 0 amide bonds. The fourth-order valence-corrected chi connectivity index (χ4v) is 3.05. The van der Waals surface area contributed by atoms with Gasteiger partial charge < -0.3 is 10.5 Å². The van der Waals surface area contributed by atoms with Gasteiger partial charge in [-0.25, -0.2) is 9.37 Å². The van der Waals surface area contributed by atoms with Crippen molar-refractivity contribution in [1.82, 2.24) is 19.7 Å². The molecule has 3 aromatic heterocycles. The number of nitrogen functional groups attached to an aromatic ring is 1. The topological polar surface area (TPSA) is 78.9 Å². The lowest BCUT2D eigenvalue weighted by Gasteiger charge is -2.31. The monoisotopic (exact) mass is 339 g/mol. The number of ether oxygens (including phenoxy) is 1. The van der Waals surface area contributed by atoms with Crippen LogP contribution in [0, 0.1) is 5.82 Å². The Morgan fingerprint density at radius 3 is 2.80 bits per heavy atom. The van der Waals surface area contributed by atoms with Crippen LogP contribution in [0.25, 0.3) is 22.5 Å². The molecule has 0 aromatic carbocycles. The van der Waals surface area contributed by atoms with Crippen LogP contribution < -0.4 is 5.73 Å². The number of rotatable bonds is 2. The highest BCUT2D eigenvalue weighted by atomic mass is 19.1. The second kappa shape index (κ2) is 5.63. The minimum Gasteiger partial charge on any atom is -0.384 e. The molecule has 1 aliphatic rings. The highest BCUT2D eigenvalue weighted by Gasteiger charge is 2.31. The van der Waals surface area contributed by atoms with Crippen molar-refractivity contribution in [2.45, 2.75) is 32.6 Å². The minimum absolute atomic E-state index is 0.305. The molecule has 0 fully saturated rings. The molecule has 0 unspecified atom stereocenters. The maximum atomic E-state index is 13.3. The molecule has 0 spiro atoms. The van der Waals surface area contributed by atoms with Gasteiger partial charge in [-0.05, 0) is 43.7 Å². The number of nitrogens with zero attached hydrogens (tertiary/aromatic N) is 4. The largest absolute Gasteiger partial charge is 0.384 e. The first-order valence-electron chi connectivity index (χ1n) is 8.00. The van der Waals surface area contributed by atoms with Gasteiger partial charge in [0.05, 0.1) is 36.3 Å². The Kier molecular flexibility index (Phi) is 3.54. The third kappa shape index (κ3) is 2.87. The number of halogens is 1. The van der Waals surface area contributed by atoms with Crippen LogP contribution in [0.15, 0.2) is 36.7 Å². The SMILES string of the molecule is CC1(C)Cn2nc(-c3ccc(F)cn3)c(-c3ccnc(N)c3)c2CO1. The number of aromatic nitrogens is 4. The highest BCUT2D eigenvalue weighted by Crippen LogP contribution is 2.37. The van der Waals surface area contributed by atoms with E-state index < -0.39 is 0 Å². The molecule has 128 valence electrons. The van der Waals surface area contributed by atoms with E-state index in [0.717, 1.165) is 16.8 Å². The van der Waals surface area contributed by atoms with Crippen molar-refractivity contribution in [1.29, 1.82) is 0 Å². The van der Waals surface area contributed by atoms with E-state index in [9.17, 15) is 4.39 Å². The molecule has 0 atom stereocenters. The Hall–Kier alpha value is -2.80. The summed E-state index contributed by atoms with van der Waals surface area (Å²) in [5.74, 6) is 0.0411. The molecular formula is C18H18FN5O. The van der Waals surface area contributed by atoms with Gasteiger partial charge in [0.25, 0.3) is 0 Å². The van der Waals surface area contributed by atoms with Crippen LogP contribution in [0.5, 0.6) is 0 Å². The number of hydrogen-bond donors (Lipinski definition) is 1. The zero-order valence-electron chi connectivity index (χ0n) is 14.0. The molecule has 4 heterocycles. The van der Waals surface area contributed by atoms with Gasteiger partial charge in [-0.15, -0.1) is 0 Å². The predicted molar refractivity (Wildman–Crippen MR) is 91.9 cm³/mol. The van der Waals surface area contributed by atoms with Crippen molar-refractivity contribution < 1.29 is 9.13 Å². The van der Waals surface area contributed by atoms with E-state index in [1.54, 1.807) is 18.3 Å². The van der Waals surface area contributed by atoms with Crippen LogP contribution in [0.2, 0.25) is 0 Å². The molecule has 6 nitrogen and oxygen atoms in total. The summed E-state index contributed by atoms with van der Waals surface area (Å²) in [5.41, 5.74) is 9.57. The molecular weight excluding hydrogens is 321 g/mol. The van der Waals surface area contributed by atoms with Crippen molar-refractivity contribution in [2.75, 3.05) is 5.73 Å². The summed E-state index contributed by atoms with van der Waals surface area (Å²) in [4.78, 5) is 8.25. The molecule has 1 aliphatic heterocycles. The van der Waals surface area contributed by atoms with Gasteiger partial charge >= 0.3 is 0 Å². The average Bonchev–Trinajstić information content (AvgIpc) is 2.92. The van der Waals surface area contributed by atoms with Crippen LogP contribution in [0.1, 0.15) is 19.5 Å². The van der Waals surface area contributed by atoms with Gasteiger partial charge in [0.15, 0.2) is 0 Å². The van der Waals surface area contributed by atoms with Crippen LogP contribution in [0.3, 0.4) is 0 Å². The van der Waals surface area contributed by atoms with Gasteiger partial charge in [-0.1, -0.05) is 0 Å². The standard InChI is InChI=1S/C18H18FN5O/c1-18(2)10-24-14(9-25-18)16(11-5-6-21-15(20)7-11)17(23-24)13-4-3-12(19)8-22-13/h3-8H,9-10H2,1-2H3,(H2,20,21). The zero-order chi connectivity index (χ0) is 17.6. The third-order valence-electron chi connectivity index (χ3n) is 4.23. The first kappa shape index (κ1) is 15.7. The average molecular weight is 339 g/mol. The first-order chi connectivity index (χ1) is 11.9. The van der Waals surface area contributed by atoms with Crippen LogP contribution in [-0.2, 0) is 17.9 Å². The van der Waals surface area contributed by atoms with Crippen LogP contribution in [0.4, 0.5) is 10.2 Å². The van der Waals surface area contributed by atoms with Crippen molar-refractivity contribution in [3.05, 3.63) is 48.2 Å². The maximum absolute atomic E-state index is 13.3. The van der Waals surface area contributed by atoms with E-state index in [0.29, 0.717) is 30.4 Å². The van der Waals surface area contributed by atoms with Gasteiger partial charge in [-0.3, -0.25) is 9.67 Å². The number of fused-ring (bicyclic) bond motifs is 1. The van der Waals surface area contributed by atoms with E-state index in [1.165, 1.54) is 12.3 Å². The summed E-state index contributed by atoms with van der Waals surface area (Å²) in [6.07, 6.45) is 2.85. The quantitative estimate of drug-likeness (QED) is 0.776. The van der Waals surface area contributed by atoms with Crippen LogP contribution in [-0.4, -0.2) is 25.3 Å². The molecule has 0 aliphatic carbocycles. The van der Waals surface area contributed by atoms with Crippen LogP contribution >= 0.6 is 0 Å². The molecule has 0 saturated heterocycles. The molecule has 0 saturated carbocycles. The van der Waals surface area contributed by atoms with Crippen molar-refractivity contribution in [3.63, 3.8) is 0 Å². The lowest BCUT2D eigenvalue weighted by Crippen LogP contribution is -2.36. The molecule has 0 radical (unpaired) electrons. The van der Waals surface area contributed by atoms with Gasteiger partial charge in [-0.2, -0.15) is 5.10 Å². The normalized spacial score (nSPS) is 15.8. The van der Waals surface area contributed by atoms with E-state index in [1.807, 2.05) is 24.6 Å². The zero-order valence-corrected chi connectivity index (χ0v) is 14.0. The lowest BCUT2D eigenvalue weighted by molar-refractivity contribution is -0.0657. The Balaban J connectivity index is 1.94. The molecule has 25 heavy (non-hydrogen) atoms. The Morgan fingerprint density at radius 2 is 2.08 bits per heavy atom. The summed E-state index contributed by atoms with van der Waals surface area (Å²) in [6.45, 7) is 5.10. The number of pyridine rings is 2. The lowest BCUT2D eigenvalue weighted by atomic mass is 10.0. The fourth-order valence-electron chi connectivity index (χ4n) is 3.05. The van der Waals surface area contributed by atoms with Gasteiger partial charge in [0.2, 0.25) is 0 Å². The van der Waals surface area contributed by atoms with Gasteiger partial charge in [0.1, 0.15) is 17.3 Å². The third-order valence-corrected chi connectivity index (χ3v) is 4.23. The Morgan fingerprint density at radius 1 is 1.24 bits per heavy atom. The predicted octanol–water partition coefficient (Wildman–Crippen LogP) is 3.04. The first-order valence-corrected chi connectivity index (χ1v) is 8.00. The van der Waals surface area contributed by atoms with Gasteiger partial charge in [0, 0.05) is 11.8 Å². The molecule has 3 aromatic rings. The fraction of sp³-hybridized carbons (Fsp3) is 0.278. The summed E-state index contributed by atoms with van der Waals surface area (Å²) in [7, 11) is 0. The highest BCUT2D eigenvalue weighted by molar-refractivity contribution is 5.82. The summed E-state index contributed by atoms with van der Waals surface area (Å²) in [6, 6.07) is 6.68. The van der Waals surface area contributed by atoms with E-state index in [4.69, 9.17) is 15.6 Å². The Bertz CT molecular complexity index is 933. The number of hydrogen-bond acceptors (Lipinski definition) is 5. The molecule has 0 bridgehead atoms. The van der Waals surface area contributed by atoms with Crippen molar-refractivity contribution in [3.8, 4) is 22.5 Å². The Labute approximate surface area is 144 Å². The minimum atomic E-state index is -0.383. The molecule has 7 heteroatoms. The molecule has 4 rings (SSSR count). The summed E-state index contributed by atoms with van der Waals surface area (Å²) in [5, 5.41) is 4.74. The second-order valence-corrected chi connectivity index (χ2v) is 6.71. The number of anilines is 1. The maximum Gasteiger partial charge on any atom is 0.141 e. The van der Waals surface area contributed by atoms with E-state index in [-0.39, 0.29) is 11.4 Å². The molecule has 2 N–H and O–H groups in total. The van der Waals surface area contributed by atoms with Crippen molar-refractivity contribution >= 4 is 5.82 Å². The van der Waals surface area contributed by atoms with Crippen molar-refractivity contribution in [2.24, 2.45) is 0 Å². The van der Waals surface area contributed by atoms with E-state index >= 15 is 0 Å². The summed E-state index contributed by atoms with van der Waals surface area (Å²) < 4.78 is 21.2. The number of nitrogens with two attached hydrogens (primary N) is 1.